The molecule has 3 aliphatic rings. The van der Waals surface area contributed by atoms with Gasteiger partial charge in [-0.25, -0.2) is 0 Å². The summed E-state index contributed by atoms with van der Waals surface area (Å²) < 4.78 is 5.48. The summed E-state index contributed by atoms with van der Waals surface area (Å²) in [6.07, 6.45) is 6.31. The third-order valence-electron chi connectivity index (χ3n) is 8.98. The highest BCUT2D eigenvalue weighted by Gasteiger charge is 2.50. The van der Waals surface area contributed by atoms with Crippen LogP contribution in [0.15, 0.2) is 66.7 Å². The van der Waals surface area contributed by atoms with Gasteiger partial charge in [0.1, 0.15) is 0 Å². The summed E-state index contributed by atoms with van der Waals surface area (Å²) in [5.41, 5.74) is 10.9. The van der Waals surface area contributed by atoms with E-state index in [9.17, 15) is 0 Å². The number of rotatable bonds is 4. The molecule has 1 heteroatoms. The standard InChI is InChI=1S/C32H36O/c1-22-4-12-29(13-5-22)31(2,3)30-14-10-23(11-15-30)25-8-6-24-7-9-26(17-27(24)16-25)28-18-32(19-28)20-33-21-32/h4-5,7,9-15,17,25,28H,6,8,16,18-21H2,1-3H3. The van der Waals surface area contributed by atoms with Crippen LogP contribution in [0.25, 0.3) is 0 Å². The van der Waals surface area contributed by atoms with E-state index in [0.29, 0.717) is 11.3 Å². The molecule has 0 N–H and O–H groups in total. The summed E-state index contributed by atoms with van der Waals surface area (Å²) in [7, 11) is 0. The molecule has 1 heterocycles. The SMILES string of the molecule is Cc1ccc(C(C)(C)c2ccc(C3CCc4ccc(C5CC6(COC6)C5)cc4C3)cc2)cc1. The van der Waals surface area contributed by atoms with E-state index in [1.165, 1.54) is 54.4 Å². The summed E-state index contributed by atoms with van der Waals surface area (Å²) in [6, 6.07) is 25.9. The Morgan fingerprint density at radius 2 is 1.39 bits per heavy atom. The quantitative estimate of drug-likeness (QED) is 0.412. The van der Waals surface area contributed by atoms with Crippen molar-refractivity contribution in [2.24, 2.45) is 5.41 Å². The number of ether oxygens (including phenoxy) is 1. The summed E-state index contributed by atoms with van der Waals surface area (Å²) in [5, 5.41) is 0. The van der Waals surface area contributed by atoms with E-state index in [4.69, 9.17) is 4.74 Å². The Morgan fingerprint density at radius 3 is 2.03 bits per heavy atom. The fourth-order valence-electron chi connectivity index (χ4n) is 6.47. The van der Waals surface area contributed by atoms with Gasteiger partial charge in [0.05, 0.1) is 13.2 Å². The molecule has 3 aromatic carbocycles. The molecule has 0 aromatic heterocycles. The van der Waals surface area contributed by atoms with E-state index in [1.807, 2.05) is 0 Å². The Hall–Kier alpha value is -2.38. The van der Waals surface area contributed by atoms with Crippen LogP contribution < -0.4 is 0 Å². The van der Waals surface area contributed by atoms with Gasteiger partial charge in [0.25, 0.3) is 0 Å². The first-order valence-electron chi connectivity index (χ1n) is 12.8. The van der Waals surface area contributed by atoms with Crippen molar-refractivity contribution in [2.75, 3.05) is 13.2 Å². The van der Waals surface area contributed by atoms with Gasteiger partial charge in [0.15, 0.2) is 0 Å². The molecule has 2 aliphatic carbocycles. The maximum absolute atomic E-state index is 5.48. The van der Waals surface area contributed by atoms with Crippen molar-refractivity contribution in [2.45, 2.75) is 70.1 Å². The van der Waals surface area contributed by atoms with Crippen molar-refractivity contribution in [3.63, 3.8) is 0 Å². The molecule has 1 unspecified atom stereocenters. The van der Waals surface area contributed by atoms with Crippen LogP contribution in [0.4, 0.5) is 0 Å². The molecule has 1 spiro atoms. The van der Waals surface area contributed by atoms with E-state index in [0.717, 1.165) is 19.1 Å². The van der Waals surface area contributed by atoms with Crippen LogP contribution in [0.3, 0.4) is 0 Å². The third-order valence-corrected chi connectivity index (χ3v) is 8.98. The highest BCUT2D eigenvalue weighted by molar-refractivity contribution is 5.42. The minimum absolute atomic E-state index is 0.0198. The van der Waals surface area contributed by atoms with E-state index < -0.39 is 0 Å². The number of aryl methyl sites for hydroxylation is 2. The second-order valence-electron chi connectivity index (χ2n) is 11.7. The lowest BCUT2D eigenvalue weighted by Gasteiger charge is -2.53. The van der Waals surface area contributed by atoms with Crippen LogP contribution in [0, 0.1) is 12.3 Å². The summed E-state index contributed by atoms with van der Waals surface area (Å²) in [5.74, 6) is 1.39. The summed E-state index contributed by atoms with van der Waals surface area (Å²) in [6.45, 7) is 8.82. The largest absolute Gasteiger partial charge is 0.380 e. The molecule has 1 aliphatic heterocycles. The molecule has 3 aromatic rings. The van der Waals surface area contributed by atoms with Gasteiger partial charge in [-0.3, -0.25) is 0 Å². The molecule has 1 saturated carbocycles. The Kier molecular flexibility index (Phi) is 5.03. The van der Waals surface area contributed by atoms with Crippen LogP contribution in [-0.4, -0.2) is 13.2 Å². The van der Waals surface area contributed by atoms with Gasteiger partial charge in [-0.2, -0.15) is 0 Å². The molecule has 33 heavy (non-hydrogen) atoms. The minimum Gasteiger partial charge on any atom is -0.380 e. The smallest absolute Gasteiger partial charge is 0.0545 e. The Balaban J connectivity index is 1.18. The summed E-state index contributed by atoms with van der Waals surface area (Å²) in [4.78, 5) is 0. The van der Waals surface area contributed by atoms with Crippen molar-refractivity contribution >= 4 is 0 Å². The topological polar surface area (TPSA) is 9.23 Å². The fraction of sp³-hybridized carbons (Fsp3) is 0.438. The first-order chi connectivity index (χ1) is 15.9. The Morgan fingerprint density at radius 1 is 0.758 bits per heavy atom. The Labute approximate surface area is 199 Å². The minimum atomic E-state index is 0.0198. The molecular formula is C32H36O. The second kappa shape index (κ2) is 7.84. The molecule has 0 bridgehead atoms. The maximum Gasteiger partial charge on any atom is 0.0545 e. The third kappa shape index (κ3) is 3.75. The van der Waals surface area contributed by atoms with Crippen molar-refractivity contribution in [1.82, 2.24) is 0 Å². The van der Waals surface area contributed by atoms with Gasteiger partial charge < -0.3 is 4.74 Å². The van der Waals surface area contributed by atoms with Crippen molar-refractivity contribution in [3.8, 4) is 0 Å². The number of fused-ring (bicyclic) bond motifs is 1. The molecule has 1 saturated heterocycles. The predicted octanol–water partition coefficient (Wildman–Crippen LogP) is 7.49. The van der Waals surface area contributed by atoms with Gasteiger partial charge >= 0.3 is 0 Å². The molecule has 170 valence electrons. The fourth-order valence-corrected chi connectivity index (χ4v) is 6.47. The van der Waals surface area contributed by atoms with Crippen molar-refractivity contribution in [3.05, 3.63) is 106 Å². The lowest BCUT2D eigenvalue weighted by atomic mass is 9.58. The van der Waals surface area contributed by atoms with Crippen LogP contribution in [-0.2, 0) is 23.0 Å². The lowest BCUT2D eigenvalue weighted by molar-refractivity contribution is -0.164. The van der Waals surface area contributed by atoms with Crippen LogP contribution >= 0.6 is 0 Å². The molecule has 0 amide bonds. The van der Waals surface area contributed by atoms with Gasteiger partial charge in [-0.1, -0.05) is 86.1 Å². The van der Waals surface area contributed by atoms with E-state index in [-0.39, 0.29) is 5.41 Å². The Bertz CT molecular complexity index is 1140. The highest BCUT2D eigenvalue weighted by atomic mass is 16.5. The molecule has 6 rings (SSSR count). The van der Waals surface area contributed by atoms with Crippen molar-refractivity contribution in [1.29, 1.82) is 0 Å². The van der Waals surface area contributed by atoms with Gasteiger partial charge in [0.2, 0.25) is 0 Å². The zero-order valence-corrected chi connectivity index (χ0v) is 20.4. The summed E-state index contributed by atoms with van der Waals surface area (Å²) >= 11 is 0. The monoisotopic (exact) mass is 436 g/mol. The van der Waals surface area contributed by atoms with Gasteiger partial charge in [-0.15, -0.1) is 0 Å². The van der Waals surface area contributed by atoms with Gasteiger partial charge in [-0.05, 0) is 84.2 Å². The average Bonchev–Trinajstić information content (AvgIpc) is 2.77. The first-order valence-corrected chi connectivity index (χ1v) is 12.8. The van der Waals surface area contributed by atoms with Gasteiger partial charge in [0, 0.05) is 10.8 Å². The van der Waals surface area contributed by atoms with E-state index in [1.54, 1.807) is 16.7 Å². The van der Waals surface area contributed by atoms with Crippen LogP contribution in [0.5, 0.6) is 0 Å². The van der Waals surface area contributed by atoms with E-state index in [2.05, 4.69) is 87.5 Å². The predicted molar refractivity (Wildman–Crippen MR) is 136 cm³/mol. The maximum atomic E-state index is 5.48. The second-order valence-corrected chi connectivity index (χ2v) is 11.7. The average molecular weight is 437 g/mol. The zero-order valence-electron chi connectivity index (χ0n) is 20.4. The van der Waals surface area contributed by atoms with Crippen LogP contribution in [0.1, 0.15) is 83.9 Å². The van der Waals surface area contributed by atoms with E-state index >= 15 is 0 Å². The highest BCUT2D eigenvalue weighted by Crippen LogP contribution is 2.55. The number of hydrogen-bond donors (Lipinski definition) is 0. The zero-order chi connectivity index (χ0) is 22.6. The first kappa shape index (κ1) is 21.2. The number of hydrogen-bond acceptors (Lipinski definition) is 1. The van der Waals surface area contributed by atoms with Crippen molar-refractivity contribution < 1.29 is 4.74 Å². The number of benzene rings is 3. The lowest BCUT2D eigenvalue weighted by Crippen LogP contribution is -2.51. The molecular weight excluding hydrogens is 400 g/mol. The molecule has 1 atom stereocenters. The molecule has 0 radical (unpaired) electrons. The normalized spacial score (nSPS) is 21.8. The van der Waals surface area contributed by atoms with Crippen LogP contribution in [0.2, 0.25) is 0 Å². The molecule has 1 nitrogen and oxygen atoms in total. The molecule has 2 fully saturated rings.